The Labute approximate surface area is 231 Å². The Morgan fingerprint density at radius 1 is 1.03 bits per heavy atom. The summed E-state index contributed by atoms with van der Waals surface area (Å²) in [6.07, 6.45) is 0.0597. The first kappa shape index (κ1) is 26.8. The molecule has 0 amide bonds. The molecule has 0 fully saturated rings. The maximum Gasteiger partial charge on any atom is 0.335 e. The van der Waals surface area contributed by atoms with Crippen LogP contribution in [0.5, 0.6) is 0 Å². The van der Waals surface area contributed by atoms with Gasteiger partial charge in [0.1, 0.15) is 17.4 Å². The summed E-state index contributed by atoms with van der Waals surface area (Å²) in [7, 11) is 2.04. The van der Waals surface area contributed by atoms with Crippen LogP contribution in [-0.4, -0.2) is 43.8 Å². The molecule has 2 aromatic heterocycles. The number of carboxylic acids is 1. The third-order valence-electron chi connectivity index (χ3n) is 7.84. The molecular weight excluding hydrogens is 512 g/mol. The molecule has 0 aliphatic carbocycles. The van der Waals surface area contributed by atoms with Crippen LogP contribution < -0.4 is 0 Å². The second-order valence-electron chi connectivity index (χ2n) is 10.4. The van der Waals surface area contributed by atoms with E-state index in [0.717, 1.165) is 22.0 Å². The predicted octanol–water partition coefficient (Wildman–Crippen LogP) is 5.64. The number of benzene rings is 2. The molecule has 0 spiro atoms. The SMILES string of the molecule is Cc1ccc(C2c3c(sc(C)c3C)-n3c(C)nnc3[C@](C)(CC(=O)OCc3ccc(C(=O)O)cc3)N2C)cc1. The number of aromatic carboxylic acids is 1. The van der Waals surface area contributed by atoms with Crippen molar-refractivity contribution in [3.63, 3.8) is 0 Å². The van der Waals surface area contributed by atoms with Gasteiger partial charge in [0.2, 0.25) is 0 Å². The zero-order chi connectivity index (χ0) is 28.1. The Morgan fingerprint density at radius 3 is 2.33 bits per heavy atom. The van der Waals surface area contributed by atoms with Crippen molar-refractivity contribution in [3.8, 4) is 5.00 Å². The van der Waals surface area contributed by atoms with Crippen LogP contribution in [0.2, 0.25) is 0 Å². The zero-order valence-electron chi connectivity index (χ0n) is 23.0. The first-order valence-electron chi connectivity index (χ1n) is 12.8. The van der Waals surface area contributed by atoms with Crippen molar-refractivity contribution < 1.29 is 19.4 Å². The second-order valence-corrected chi connectivity index (χ2v) is 11.6. The van der Waals surface area contributed by atoms with E-state index in [2.05, 4.69) is 64.7 Å². The first-order chi connectivity index (χ1) is 18.5. The second kappa shape index (κ2) is 10.1. The highest BCUT2D eigenvalue weighted by Gasteiger charge is 2.47. The number of nitrogens with zero attached hydrogens (tertiary/aromatic N) is 4. The van der Waals surface area contributed by atoms with Crippen molar-refractivity contribution in [3.05, 3.63) is 98.4 Å². The molecule has 4 aromatic rings. The van der Waals surface area contributed by atoms with Crippen LogP contribution in [0.1, 0.15) is 74.1 Å². The number of carboxylic acid groups (broad SMARTS) is 1. The average Bonchev–Trinajstić information content (AvgIpc) is 3.41. The largest absolute Gasteiger partial charge is 0.478 e. The predicted molar refractivity (Wildman–Crippen MR) is 149 cm³/mol. The number of aryl methyl sites for hydroxylation is 3. The van der Waals surface area contributed by atoms with E-state index < -0.39 is 11.5 Å². The minimum absolute atomic E-state index is 0.0529. The number of thiophene rings is 1. The molecule has 202 valence electrons. The highest BCUT2D eigenvalue weighted by atomic mass is 32.1. The molecule has 9 heteroatoms. The molecule has 1 aliphatic heterocycles. The first-order valence-corrected chi connectivity index (χ1v) is 13.6. The van der Waals surface area contributed by atoms with Gasteiger partial charge < -0.3 is 9.84 Å². The Kier molecular flexibility index (Phi) is 6.90. The van der Waals surface area contributed by atoms with Crippen molar-refractivity contribution in [2.75, 3.05) is 7.05 Å². The third-order valence-corrected chi connectivity index (χ3v) is 9.05. The number of carbonyl (C=O) groups excluding carboxylic acids is 1. The number of ether oxygens (including phenoxy) is 1. The van der Waals surface area contributed by atoms with Crippen LogP contribution in [0.15, 0.2) is 48.5 Å². The summed E-state index contributed by atoms with van der Waals surface area (Å²) in [5.74, 6) is 0.0926. The maximum absolute atomic E-state index is 13.4. The van der Waals surface area contributed by atoms with E-state index in [1.807, 2.05) is 20.9 Å². The van der Waals surface area contributed by atoms with Gasteiger partial charge in [0.25, 0.3) is 0 Å². The quantitative estimate of drug-likeness (QED) is 0.314. The minimum atomic E-state index is -0.996. The molecule has 2 aromatic carbocycles. The lowest BCUT2D eigenvalue weighted by molar-refractivity contribution is -0.148. The lowest BCUT2D eigenvalue weighted by Gasteiger charge is -2.40. The molecule has 0 saturated carbocycles. The van der Waals surface area contributed by atoms with Gasteiger partial charge >= 0.3 is 11.9 Å². The van der Waals surface area contributed by atoms with Crippen LogP contribution >= 0.6 is 11.3 Å². The fraction of sp³-hybridized carbons (Fsp3) is 0.333. The number of rotatable bonds is 6. The summed E-state index contributed by atoms with van der Waals surface area (Å²) in [5, 5.41) is 19.3. The Morgan fingerprint density at radius 2 is 1.69 bits per heavy atom. The summed E-state index contributed by atoms with van der Waals surface area (Å²) in [4.78, 5) is 28.0. The lowest BCUT2D eigenvalue weighted by Crippen LogP contribution is -2.46. The fourth-order valence-electron chi connectivity index (χ4n) is 5.29. The third kappa shape index (κ3) is 4.66. The van der Waals surface area contributed by atoms with Gasteiger partial charge in [-0.2, -0.15) is 0 Å². The summed E-state index contributed by atoms with van der Waals surface area (Å²) in [6.45, 7) is 10.4. The van der Waals surface area contributed by atoms with Gasteiger partial charge in [-0.05, 0) is 70.5 Å². The van der Waals surface area contributed by atoms with Gasteiger partial charge in [0.15, 0.2) is 5.82 Å². The van der Waals surface area contributed by atoms with Gasteiger partial charge in [-0.15, -0.1) is 21.5 Å². The number of hydrogen-bond acceptors (Lipinski definition) is 7. The smallest absolute Gasteiger partial charge is 0.335 e. The van der Waals surface area contributed by atoms with Crippen molar-refractivity contribution in [1.29, 1.82) is 0 Å². The molecule has 0 saturated heterocycles. The van der Waals surface area contributed by atoms with E-state index in [0.29, 0.717) is 5.82 Å². The van der Waals surface area contributed by atoms with E-state index >= 15 is 0 Å². The molecule has 0 radical (unpaired) electrons. The van der Waals surface area contributed by atoms with Crippen molar-refractivity contribution in [1.82, 2.24) is 19.7 Å². The van der Waals surface area contributed by atoms with Crippen LogP contribution in [-0.2, 0) is 21.7 Å². The normalized spacial score (nSPS) is 18.8. The molecule has 5 rings (SSSR count). The van der Waals surface area contributed by atoms with Gasteiger partial charge in [-0.3, -0.25) is 14.3 Å². The van der Waals surface area contributed by atoms with E-state index in [1.54, 1.807) is 23.5 Å². The summed E-state index contributed by atoms with van der Waals surface area (Å²) < 4.78 is 7.80. The van der Waals surface area contributed by atoms with Crippen LogP contribution in [0.25, 0.3) is 5.00 Å². The molecule has 3 heterocycles. The number of esters is 1. The summed E-state index contributed by atoms with van der Waals surface area (Å²) in [5.41, 5.74) is 4.82. The fourth-order valence-corrected chi connectivity index (χ4v) is 6.53. The molecular formula is C30H32N4O4S. The lowest BCUT2D eigenvalue weighted by atomic mass is 9.88. The molecule has 1 unspecified atom stereocenters. The molecule has 1 N–H and O–H groups in total. The molecule has 39 heavy (non-hydrogen) atoms. The standard InChI is InChI=1S/C30H32N4O4S/c1-17-7-11-22(12-8-17)26-25-18(2)19(3)39-27(25)34-20(4)31-32-29(34)30(5,33(26)6)15-24(35)38-16-21-9-13-23(14-10-21)28(36)37/h7-14,26H,15-16H2,1-6H3,(H,36,37)/t26?,30-/m0/s1. The molecule has 1 aliphatic rings. The van der Waals surface area contributed by atoms with Crippen molar-refractivity contribution >= 4 is 23.3 Å². The maximum atomic E-state index is 13.4. The number of hydrogen-bond donors (Lipinski definition) is 1. The van der Waals surface area contributed by atoms with Gasteiger partial charge in [-0.1, -0.05) is 42.0 Å². The van der Waals surface area contributed by atoms with E-state index in [-0.39, 0.29) is 30.6 Å². The number of aromatic nitrogens is 3. The van der Waals surface area contributed by atoms with Crippen LogP contribution in [0.3, 0.4) is 0 Å². The Bertz CT molecular complexity index is 1560. The van der Waals surface area contributed by atoms with Crippen molar-refractivity contribution in [2.24, 2.45) is 0 Å². The highest BCUT2D eigenvalue weighted by Crippen LogP contribution is 2.49. The average molecular weight is 545 g/mol. The van der Waals surface area contributed by atoms with E-state index in [9.17, 15) is 9.59 Å². The number of carbonyl (C=O) groups is 2. The van der Waals surface area contributed by atoms with E-state index in [1.165, 1.54) is 33.7 Å². The molecule has 2 atom stereocenters. The van der Waals surface area contributed by atoms with Gasteiger partial charge in [0, 0.05) is 10.4 Å². The molecule has 8 nitrogen and oxygen atoms in total. The van der Waals surface area contributed by atoms with Crippen LogP contribution in [0, 0.1) is 27.7 Å². The van der Waals surface area contributed by atoms with Crippen molar-refractivity contribution in [2.45, 2.75) is 59.2 Å². The highest BCUT2D eigenvalue weighted by molar-refractivity contribution is 7.14. The van der Waals surface area contributed by atoms with E-state index in [4.69, 9.17) is 9.84 Å². The minimum Gasteiger partial charge on any atom is -0.478 e. The van der Waals surface area contributed by atoms with Gasteiger partial charge in [-0.25, -0.2) is 4.79 Å². The zero-order valence-corrected chi connectivity index (χ0v) is 23.8. The summed E-state index contributed by atoms with van der Waals surface area (Å²) in [6, 6.07) is 14.8. The number of fused-ring (bicyclic) bond motifs is 3. The van der Waals surface area contributed by atoms with Crippen LogP contribution in [0.4, 0.5) is 0 Å². The molecule has 0 bridgehead atoms. The van der Waals surface area contributed by atoms with Gasteiger partial charge in [0.05, 0.1) is 23.6 Å². The monoisotopic (exact) mass is 544 g/mol. The Balaban J connectivity index is 1.54. The summed E-state index contributed by atoms with van der Waals surface area (Å²) >= 11 is 1.72. The Hall–Kier alpha value is -3.82. The topological polar surface area (TPSA) is 97.6 Å².